The average Bonchev–Trinajstić information content (AvgIpc) is 2.79. The molecule has 0 bridgehead atoms. The third kappa shape index (κ3) is 4.43. The molecule has 18 heavy (non-hydrogen) atoms. The molecule has 0 amide bonds. The Morgan fingerprint density at radius 3 is 2.39 bits per heavy atom. The molecular formula is C15H30N2S. The molecule has 0 spiro atoms. The number of likely N-dealkylation sites (tertiary alicyclic amines) is 1. The van der Waals surface area contributed by atoms with E-state index < -0.39 is 0 Å². The Bertz CT molecular complexity index is 237. The van der Waals surface area contributed by atoms with Gasteiger partial charge in [-0.1, -0.05) is 13.8 Å². The monoisotopic (exact) mass is 270 g/mol. The minimum atomic E-state index is 0.791. The number of nitrogens with one attached hydrogen (secondary N) is 1. The van der Waals surface area contributed by atoms with E-state index in [2.05, 4.69) is 42.1 Å². The number of hydrogen-bond donors (Lipinski definition) is 1. The van der Waals surface area contributed by atoms with Crippen LogP contribution in [0.1, 0.15) is 46.0 Å². The number of thioether (sulfide) groups is 1. The summed E-state index contributed by atoms with van der Waals surface area (Å²) in [5, 5.41) is 4.84. The normalized spacial score (nSPS) is 31.3. The second-order valence-electron chi connectivity index (χ2n) is 6.50. The molecule has 1 aliphatic carbocycles. The SMILES string of the molecule is CSC1CCC(NC2CCN(CC(C)C)CC2)C1. The van der Waals surface area contributed by atoms with Crippen molar-refractivity contribution >= 4 is 11.8 Å². The van der Waals surface area contributed by atoms with Gasteiger partial charge in [0.2, 0.25) is 0 Å². The van der Waals surface area contributed by atoms with Crippen molar-refractivity contribution in [3.63, 3.8) is 0 Å². The van der Waals surface area contributed by atoms with E-state index in [9.17, 15) is 0 Å². The fourth-order valence-electron chi connectivity index (χ4n) is 3.44. The topological polar surface area (TPSA) is 15.3 Å². The van der Waals surface area contributed by atoms with Gasteiger partial charge in [0.15, 0.2) is 0 Å². The molecule has 106 valence electrons. The van der Waals surface area contributed by atoms with Crippen molar-refractivity contribution < 1.29 is 0 Å². The van der Waals surface area contributed by atoms with Gasteiger partial charge < -0.3 is 10.2 Å². The molecule has 1 saturated heterocycles. The average molecular weight is 270 g/mol. The summed E-state index contributed by atoms with van der Waals surface area (Å²) in [6, 6.07) is 1.60. The zero-order valence-electron chi connectivity index (χ0n) is 12.3. The van der Waals surface area contributed by atoms with Crippen LogP contribution in [0, 0.1) is 5.92 Å². The van der Waals surface area contributed by atoms with Crippen molar-refractivity contribution in [3.05, 3.63) is 0 Å². The zero-order valence-corrected chi connectivity index (χ0v) is 13.1. The van der Waals surface area contributed by atoms with Crippen LogP contribution in [0.2, 0.25) is 0 Å². The van der Waals surface area contributed by atoms with Gasteiger partial charge in [-0.15, -0.1) is 0 Å². The lowest BCUT2D eigenvalue weighted by molar-refractivity contribution is 0.174. The summed E-state index contributed by atoms with van der Waals surface area (Å²) in [5.74, 6) is 0.812. The van der Waals surface area contributed by atoms with Gasteiger partial charge in [-0.3, -0.25) is 0 Å². The predicted octanol–water partition coefficient (Wildman–Crippen LogP) is 2.98. The quantitative estimate of drug-likeness (QED) is 0.827. The Kier molecular flexibility index (Phi) is 5.84. The van der Waals surface area contributed by atoms with E-state index in [4.69, 9.17) is 0 Å². The van der Waals surface area contributed by atoms with E-state index in [1.54, 1.807) is 0 Å². The van der Waals surface area contributed by atoms with Crippen LogP contribution in [0.4, 0.5) is 0 Å². The number of nitrogens with zero attached hydrogens (tertiary/aromatic N) is 1. The van der Waals surface area contributed by atoms with Gasteiger partial charge in [0, 0.05) is 23.9 Å². The molecule has 2 aliphatic rings. The van der Waals surface area contributed by atoms with Crippen LogP contribution in [-0.2, 0) is 0 Å². The van der Waals surface area contributed by atoms with Gasteiger partial charge >= 0.3 is 0 Å². The number of rotatable bonds is 5. The lowest BCUT2D eigenvalue weighted by Crippen LogP contribution is -2.46. The summed E-state index contributed by atoms with van der Waals surface area (Å²) < 4.78 is 0. The summed E-state index contributed by atoms with van der Waals surface area (Å²) in [4.78, 5) is 2.64. The molecule has 0 radical (unpaired) electrons. The summed E-state index contributed by atoms with van der Waals surface area (Å²) in [7, 11) is 0. The van der Waals surface area contributed by atoms with Crippen LogP contribution in [0.25, 0.3) is 0 Å². The number of hydrogen-bond acceptors (Lipinski definition) is 3. The maximum atomic E-state index is 3.92. The van der Waals surface area contributed by atoms with Gasteiger partial charge in [0.25, 0.3) is 0 Å². The Balaban J connectivity index is 1.65. The lowest BCUT2D eigenvalue weighted by atomic mass is 10.0. The summed E-state index contributed by atoms with van der Waals surface area (Å²) in [5.41, 5.74) is 0. The second kappa shape index (κ2) is 7.16. The Labute approximate surface area is 117 Å². The molecule has 1 aliphatic heterocycles. The molecule has 1 N–H and O–H groups in total. The van der Waals surface area contributed by atoms with Crippen LogP contribution in [-0.4, -0.2) is 48.1 Å². The van der Waals surface area contributed by atoms with E-state index in [1.165, 1.54) is 51.7 Å². The molecular weight excluding hydrogens is 240 g/mol. The molecule has 0 aromatic carbocycles. The highest BCUT2D eigenvalue weighted by Crippen LogP contribution is 2.29. The van der Waals surface area contributed by atoms with Crippen LogP contribution < -0.4 is 5.32 Å². The number of piperidine rings is 1. The standard InChI is InChI=1S/C15H30N2S/c1-12(2)11-17-8-6-13(7-9-17)16-14-4-5-15(10-14)18-3/h12-16H,4-11H2,1-3H3. The van der Waals surface area contributed by atoms with Gasteiger partial charge in [0.05, 0.1) is 0 Å². The summed E-state index contributed by atoms with van der Waals surface area (Å²) >= 11 is 2.06. The van der Waals surface area contributed by atoms with Gasteiger partial charge in [-0.05, 0) is 57.4 Å². The molecule has 2 fully saturated rings. The van der Waals surface area contributed by atoms with E-state index in [0.29, 0.717) is 0 Å². The molecule has 2 nitrogen and oxygen atoms in total. The Morgan fingerprint density at radius 1 is 1.11 bits per heavy atom. The Hall–Kier alpha value is 0.270. The Morgan fingerprint density at radius 2 is 1.83 bits per heavy atom. The van der Waals surface area contributed by atoms with E-state index in [1.807, 2.05) is 0 Å². The van der Waals surface area contributed by atoms with E-state index in [0.717, 1.165) is 23.3 Å². The highest BCUT2D eigenvalue weighted by Gasteiger charge is 2.27. The zero-order chi connectivity index (χ0) is 13.0. The second-order valence-corrected chi connectivity index (χ2v) is 7.64. The fourth-order valence-corrected chi connectivity index (χ4v) is 4.23. The van der Waals surface area contributed by atoms with Crippen molar-refractivity contribution in [2.24, 2.45) is 5.92 Å². The molecule has 1 saturated carbocycles. The highest BCUT2D eigenvalue weighted by molar-refractivity contribution is 7.99. The first kappa shape index (κ1) is 14.7. The van der Waals surface area contributed by atoms with Gasteiger partial charge in [-0.2, -0.15) is 11.8 Å². The van der Waals surface area contributed by atoms with Crippen molar-refractivity contribution in [2.75, 3.05) is 25.9 Å². The molecule has 2 atom stereocenters. The van der Waals surface area contributed by atoms with Crippen molar-refractivity contribution in [1.82, 2.24) is 10.2 Å². The first-order chi connectivity index (χ1) is 8.67. The van der Waals surface area contributed by atoms with Crippen LogP contribution in [0.5, 0.6) is 0 Å². The molecule has 0 aromatic rings. The smallest absolute Gasteiger partial charge is 0.00940 e. The predicted molar refractivity (Wildman–Crippen MR) is 82.4 cm³/mol. The molecule has 0 aromatic heterocycles. The minimum Gasteiger partial charge on any atom is -0.311 e. The fraction of sp³-hybridized carbons (Fsp3) is 1.00. The first-order valence-electron chi connectivity index (χ1n) is 7.68. The molecule has 2 rings (SSSR count). The lowest BCUT2D eigenvalue weighted by Gasteiger charge is -2.34. The molecule has 2 unspecified atom stereocenters. The van der Waals surface area contributed by atoms with E-state index >= 15 is 0 Å². The van der Waals surface area contributed by atoms with E-state index in [-0.39, 0.29) is 0 Å². The summed E-state index contributed by atoms with van der Waals surface area (Å²) in [6.45, 7) is 8.53. The van der Waals surface area contributed by atoms with Gasteiger partial charge in [-0.25, -0.2) is 0 Å². The van der Waals surface area contributed by atoms with Crippen LogP contribution in [0.15, 0.2) is 0 Å². The van der Waals surface area contributed by atoms with Crippen LogP contribution >= 0.6 is 11.8 Å². The third-order valence-electron chi connectivity index (χ3n) is 4.40. The highest BCUT2D eigenvalue weighted by atomic mass is 32.2. The van der Waals surface area contributed by atoms with Crippen molar-refractivity contribution in [2.45, 2.75) is 63.3 Å². The third-order valence-corrected chi connectivity index (χ3v) is 5.49. The minimum absolute atomic E-state index is 0.791. The molecule has 1 heterocycles. The maximum absolute atomic E-state index is 3.92. The van der Waals surface area contributed by atoms with Gasteiger partial charge in [0.1, 0.15) is 0 Å². The largest absolute Gasteiger partial charge is 0.311 e. The van der Waals surface area contributed by atoms with Crippen molar-refractivity contribution in [1.29, 1.82) is 0 Å². The molecule has 3 heteroatoms. The van der Waals surface area contributed by atoms with Crippen LogP contribution in [0.3, 0.4) is 0 Å². The maximum Gasteiger partial charge on any atom is 0.00940 e. The first-order valence-corrected chi connectivity index (χ1v) is 8.97. The van der Waals surface area contributed by atoms with Crippen molar-refractivity contribution in [3.8, 4) is 0 Å². The summed E-state index contributed by atoms with van der Waals surface area (Å²) in [6.07, 6.45) is 9.19.